The number of amides is 1. The van der Waals surface area contributed by atoms with Crippen molar-refractivity contribution in [2.75, 3.05) is 6.61 Å². The lowest BCUT2D eigenvalue weighted by atomic mass is 10.2. The third-order valence-corrected chi connectivity index (χ3v) is 3.99. The Morgan fingerprint density at radius 2 is 1.93 bits per heavy atom. The molecule has 0 unspecified atom stereocenters. The number of carbonyl (C=O) groups is 2. The maximum atomic E-state index is 12.5. The molecule has 0 spiro atoms. The molecule has 0 radical (unpaired) electrons. The molecule has 2 rings (SSSR count). The third kappa shape index (κ3) is 6.40. The van der Waals surface area contributed by atoms with Crippen LogP contribution >= 0.6 is 0 Å². The van der Waals surface area contributed by atoms with Gasteiger partial charge in [-0.1, -0.05) is 42.5 Å². The molecule has 0 saturated carbocycles. The normalized spacial score (nSPS) is 19.3. The van der Waals surface area contributed by atoms with Crippen molar-refractivity contribution < 1.29 is 23.8 Å². The Bertz CT molecular complexity index is 676. The summed E-state index contributed by atoms with van der Waals surface area (Å²) in [5.74, 6) is -0.322. The molecule has 1 fully saturated rings. The smallest absolute Gasteiger partial charge is 0.413 e. The Balaban J connectivity index is 1.90. The van der Waals surface area contributed by atoms with Gasteiger partial charge < -0.3 is 14.2 Å². The molecule has 1 saturated heterocycles. The summed E-state index contributed by atoms with van der Waals surface area (Å²) in [6.07, 6.45) is 3.19. The van der Waals surface area contributed by atoms with Gasteiger partial charge in [0.05, 0.1) is 19.1 Å². The minimum Gasteiger partial charge on any atom is -0.461 e. The van der Waals surface area contributed by atoms with Gasteiger partial charge in [-0.25, -0.2) is 4.79 Å². The Labute approximate surface area is 161 Å². The van der Waals surface area contributed by atoms with Crippen molar-refractivity contribution in [2.45, 2.75) is 65.0 Å². The molecule has 1 aliphatic rings. The van der Waals surface area contributed by atoms with Gasteiger partial charge in [-0.15, -0.1) is 0 Å². The average molecular weight is 375 g/mol. The zero-order chi connectivity index (χ0) is 20.1. The molecule has 6 heteroatoms. The van der Waals surface area contributed by atoms with Crippen LogP contribution in [0.1, 0.15) is 46.6 Å². The van der Waals surface area contributed by atoms with E-state index >= 15 is 0 Å². The molecule has 1 amide bonds. The molecule has 6 nitrogen and oxygen atoms in total. The largest absolute Gasteiger partial charge is 0.461 e. The highest BCUT2D eigenvalue weighted by Gasteiger charge is 2.44. The average Bonchev–Trinajstić information content (AvgIpc) is 2.87. The van der Waals surface area contributed by atoms with E-state index in [0.717, 1.165) is 5.56 Å². The summed E-state index contributed by atoms with van der Waals surface area (Å²) >= 11 is 0. The van der Waals surface area contributed by atoms with E-state index in [4.69, 9.17) is 14.2 Å². The first kappa shape index (κ1) is 21.0. The van der Waals surface area contributed by atoms with Crippen LogP contribution in [0.25, 0.3) is 0 Å². The van der Waals surface area contributed by atoms with Crippen molar-refractivity contribution in [1.29, 1.82) is 0 Å². The van der Waals surface area contributed by atoms with Crippen LogP contribution in [0.3, 0.4) is 0 Å². The predicted octanol–water partition coefficient (Wildman–Crippen LogP) is 4.05. The first-order valence-corrected chi connectivity index (χ1v) is 9.11. The maximum absolute atomic E-state index is 12.5. The Morgan fingerprint density at radius 3 is 2.56 bits per heavy atom. The van der Waals surface area contributed by atoms with Gasteiger partial charge in [-0.2, -0.15) is 0 Å². The number of esters is 1. The van der Waals surface area contributed by atoms with Gasteiger partial charge in [0.15, 0.2) is 0 Å². The minimum atomic E-state index is -0.773. The first-order chi connectivity index (χ1) is 12.6. The van der Waals surface area contributed by atoms with E-state index in [2.05, 4.69) is 0 Å². The Kier molecular flexibility index (Phi) is 6.65. The van der Waals surface area contributed by atoms with Crippen LogP contribution in [0.4, 0.5) is 4.79 Å². The van der Waals surface area contributed by atoms with E-state index in [0.29, 0.717) is 6.61 Å². The van der Waals surface area contributed by atoms with Crippen LogP contribution in [0, 0.1) is 0 Å². The fourth-order valence-electron chi connectivity index (χ4n) is 2.76. The summed E-state index contributed by atoms with van der Waals surface area (Å²) in [7, 11) is 0. The molecule has 1 aliphatic heterocycles. The number of hydrogen-bond acceptors (Lipinski definition) is 5. The maximum Gasteiger partial charge on any atom is 0.413 e. The van der Waals surface area contributed by atoms with Crippen LogP contribution < -0.4 is 0 Å². The summed E-state index contributed by atoms with van der Waals surface area (Å²) in [5.41, 5.74) is -0.423. The standard InChI is InChI=1S/C21H29NO5/c1-20(2,3)27-19(24)22-17(15-26-21(22,4)5)12-9-13-18(23)25-14-16-10-7-6-8-11-16/h6-12,17H,13-15H2,1-5H3/b12-9+/t17-/m1/s1. The first-order valence-electron chi connectivity index (χ1n) is 9.11. The molecular formula is C21H29NO5. The van der Waals surface area contributed by atoms with Crippen LogP contribution in [0.5, 0.6) is 0 Å². The summed E-state index contributed by atoms with van der Waals surface area (Å²) in [5, 5.41) is 0. The van der Waals surface area contributed by atoms with Crippen molar-refractivity contribution in [3.63, 3.8) is 0 Å². The quantitative estimate of drug-likeness (QED) is 0.574. The Morgan fingerprint density at radius 1 is 1.26 bits per heavy atom. The van der Waals surface area contributed by atoms with Crippen LogP contribution in [0.2, 0.25) is 0 Å². The number of carbonyl (C=O) groups excluding carboxylic acids is 2. The second-order valence-corrected chi connectivity index (χ2v) is 7.95. The lowest BCUT2D eigenvalue weighted by Crippen LogP contribution is -2.49. The van der Waals surface area contributed by atoms with Gasteiger partial charge >= 0.3 is 12.1 Å². The van der Waals surface area contributed by atoms with Crippen LogP contribution in [-0.2, 0) is 25.6 Å². The number of benzene rings is 1. The van der Waals surface area contributed by atoms with Gasteiger partial charge in [0.1, 0.15) is 17.9 Å². The molecule has 1 heterocycles. The SMILES string of the molecule is CC(C)(C)OC(=O)N1[C@H](/C=C/CC(=O)OCc2ccccc2)COC1(C)C. The molecule has 1 aromatic rings. The second-order valence-electron chi connectivity index (χ2n) is 7.95. The number of rotatable bonds is 5. The molecule has 1 atom stereocenters. The second kappa shape index (κ2) is 8.57. The van der Waals surface area contributed by atoms with Crippen molar-refractivity contribution in [2.24, 2.45) is 0 Å². The van der Waals surface area contributed by atoms with Crippen molar-refractivity contribution in [3.05, 3.63) is 48.0 Å². The van der Waals surface area contributed by atoms with Crippen molar-refractivity contribution in [3.8, 4) is 0 Å². The molecular weight excluding hydrogens is 346 g/mol. The number of hydrogen-bond donors (Lipinski definition) is 0. The fraction of sp³-hybridized carbons (Fsp3) is 0.524. The lowest BCUT2D eigenvalue weighted by Gasteiger charge is -2.34. The highest BCUT2D eigenvalue weighted by Crippen LogP contribution is 2.30. The summed E-state index contributed by atoms with van der Waals surface area (Å²) in [6.45, 7) is 9.70. The number of nitrogens with zero attached hydrogens (tertiary/aromatic N) is 1. The fourth-order valence-corrected chi connectivity index (χ4v) is 2.76. The molecule has 27 heavy (non-hydrogen) atoms. The van der Waals surface area contributed by atoms with Gasteiger partial charge in [-0.3, -0.25) is 9.69 Å². The Hall–Kier alpha value is -2.34. The van der Waals surface area contributed by atoms with Gasteiger partial charge in [0.2, 0.25) is 0 Å². The van der Waals surface area contributed by atoms with Crippen molar-refractivity contribution in [1.82, 2.24) is 4.90 Å². The monoisotopic (exact) mass is 375 g/mol. The topological polar surface area (TPSA) is 65.1 Å². The molecule has 148 valence electrons. The van der Waals surface area contributed by atoms with Crippen LogP contribution in [-0.4, -0.2) is 40.9 Å². The molecule has 1 aromatic carbocycles. The van der Waals surface area contributed by atoms with E-state index in [-0.39, 0.29) is 25.0 Å². The van der Waals surface area contributed by atoms with Crippen LogP contribution in [0.15, 0.2) is 42.5 Å². The van der Waals surface area contributed by atoms with Gasteiger partial charge in [0, 0.05) is 0 Å². The summed E-state index contributed by atoms with van der Waals surface area (Å²) < 4.78 is 16.5. The zero-order valence-corrected chi connectivity index (χ0v) is 16.7. The predicted molar refractivity (Wildman–Crippen MR) is 102 cm³/mol. The lowest BCUT2D eigenvalue weighted by molar-refractivity contribution is -0.143. The van der Waals surface area contributed by atoms with Gasteiger partial charge in [0.25, 0.3) is 0 Å². The molecule has 0 aliphatic carbocycles. The summed E-state index contributed by atoms with van der Waals surface area (Å²) in [4.78, 5) is 26.0. The summed E-state index contributed by atoms with van der Waals surface area (Å²) in [6, 6.07) is 9.22. The molecule has 0 N–H and O–H groups in total. The molecule has 0 bridgehead atoms. The third-order valence-electron chi connectivity index (χ3n) is 3.99. The highest BCUT2D eigenvalue weighted by atomic mass is 16.6. The number of ether oxygens (including phenoxy) is 3. The van der Waals surface area contributed by atoms with Gasteiger partial charge in [-0.05, 0) is 40.2 Å². The van der Waals surface area contributed by atoms with E-state index in [9.17, 15) is 9.59 Å². The molecule has 0 aromatic heterocycles. The van der Waals surface area contributed by atoms with Crippen molar-refractivity contribution >= 4 is 12.1 Å². The van der Waals surface area contributed by atoms with E-state index in [1.807, 2.05) is 65.0 Å². The van der Waals surface area contributed by atoms with E-state index in [1.54, 1.807) is 17.1 Å². The van der Waals surface area contributed by atoms with E-state index in [1.165, 1.54) is 0 Å². The minimum absolute atomic E-state index is 0.131. The van der Waals surface area contributed by atoms with E-state index < -0.39 is 17.4 Å². The highest BCUT2D eigenvalue weighted by molar-refractivity contribution is 5.72. The zero-order valence-electron chi connectivity index (χ0n) is 16.7.